The van der Waals surface area contributed by atoms with Gasteiger partial charge in [0, 0.05) is 35.6 Å². The molecule has 2 aromatic rings. The summed E-state index contributed by atoms with van der Waals surface area (Å²) in [4.78, 5) is 24.3. The van der Waals surface area contributed by atoms with Gasteiger partial charge in [0.25, 0.3) is 5.69 Å². The van der Waals surface area contributed by atoms with Crippen LogP contribution < -0.4 is 4.31 Å². The van der Waals surface area contributed by atoms with Crippen LogP contribution >= 0.6 is 0 Å². The molecule has 9 nitrogen and oxygen atoms in total. The molecule has 0 saturated carbocycles. The second-order valence-corrected chi connectivity index (χ2v) is 8.37. The van der Waals surface area contributed by atoms with Gasteiger partial charge in [0.1, 0.15) is 18.3 Å². The van der Waals surface area contributed by atoms with Crippen molar-refractivity contribution in [2.24, 2.45) is 0 Å². The lowest BCUT2D eigenvalue weighted by molar-refractivity contribution is -0.384. The molecule has 1 aliphatic heterocycles. The van der Waals surface area contributed by atoms with Gasteiger partial charge < -0.3 is 14.2 Å². The molecule has 1 aliphatic rings. The van der Waals surface area contributed by atoms with Crippen molar-refractivity contribution in [1.82, 2.24) is 4.90 Å². The van der Waals surface area contributed by atoms with Gasteiger partial charge in [-0.05, 0) is 37.5 Å². The predicted molar refractivity (Wildman–Crippen MR) is 115 cm³/mol. The maximum absolute atomic E-state index is 15.0. The number of nitro benzene ring substituents is 1. The minimum atomic E-state index is -2.90. The number of ether oxygens (including phenoxy) is 1. The first-order valence-electron chi connectivity index (χ1n) is 9.98. The minimum Gasteiger partial charge on any atom is -0.755 e. The number of anilines is 1. The van der Waals surface area contributed by atoms with E-state index in [1.807, 2.05) is 18.2 Å². The number of halogens is 1. The summed E-state index contributed by atoms with van der Waals surface area (Å²) in [5.41, 5.74) is -0.932. The molecule has 0 aromatic heterocycles. The summed E-state index contributed by atoms with van der Waals surface area (Å²) >= 11 is -2.90. The molecule has 0 radical (unpaired) electrons. The Morgan fingerprint density at radius 1 is 1.28 bits per heavy atom. The van der Waals surface area contributed by atoms with Crippen molar-refractivity contribution in [3.8, 4) is 0 Å². The summed E-state index contributed by atoms with van der Waals surface area (Å²) in [5, 5.41) is 10.9. The summed E-state index contributed by atoms with van der Waals surface area (Å²) < 4.78 is 45.7. The molecule has 1 amide bonds. The van der Waals surface area contributed by atoms with Crippen molar-refractivity contribution in [3.05, 3.63) is 70.3 Å². The Kier molecular flexibility index (Phi) is 7.41. The van der Waals surface area contributed by atoms with Gasteiger partial charge in [-0.25, -0.2) is 9.18 Å². The Morgan fingerprint density at radius 2 is 1.94 bits per heavy atom. The van der Waals surface area contributed by atoms with Crippen molar-refractivity contribution < 1.29 is 27.6 Å². The van der Waals surface area contributed by atoms with E-state index in [2.05, 4.69) is 0 Å². The van der Waals surface area contributed by atoms with Crippen molar-refractivity contribution in [2.45, 2.75) is 38.1 Å². The Morgan fingerprint density at radius 3 is 2.50 bits per heavy atom. The van der Waals surface area contributed by atoms with E-state index < -0.39 is 34.0 Å². The van der Waals surface area contributed by atoms with Crippen LogP contribution in [0.4, 0.5) is 20.6 Å². The number of amides is 1. The number of nitro groups is 1. The lowest BCUT2D eigenvalue weighted by atomic mass is 9.84. The third-order valence-electron chi connectivity index (χ3n) is 5.55. The number of piperidine rings is 1. The van der Waals surface area contributed by atoms with Crippen LogP contribution in [0.5, 0.6) is 0 Å². The highest BCUT2D eigenvalue weighted by atomic mass is 32.2. The Hall–Kier alpha value is -3.05. The molecule has 1 saturated heterocycles. The highest BCUT2D eigenvalue weighted by Crippen LogP contribution is 2.38. The average Bonchev–Trinajstić information content (AvgIpc) is 2.78. The molecular formula is C21H23FN3O6S-. The fraction of sp³-hybridized carbons (Fsp3) is 0.381. The van der Waals surface area contributed by atoms with Crippen LogP contribution in [0.1, 0.15) is 25.3 Å². The number of benzene rings is 2. The fourth-order valence-corrected chi connectivity index (χ4v) is 4.77. The number of hydrogen-bond donors (Lipinski definition) is 0. The van der Waals surface area contributed by atoms with Gasteiger partial charge in [0.15, 0.2) is 0 Å². The smallest absolute Gasteiger partial charge is 0.410 e. The largest absolute Gasteiger partial charge is 0.755 e. The summed E-state index contributed by atoms with van der Waals surface area (Å²) in [6.07, 6.45) is -1.78. The number of rotatable bonds is 7. The van der Waals surface area contributed by atoms with Gasteiger partial charge in [0.05, 0.1) is 11.5 Å². The zero-order valence-corrected chi connectivity index (χ0v) is 18.2. The molecule has 1 fully saturated rings. The number of alkyl halides is 1. The number of non-ortho nitro benzene ring substituents is 1. The number of likely N-dealkylation sites (tertiary alicyclic amines) is 1. The monoisotopic (exact) mass is 464 g/mol. The van der Waals surface area contributed by atoms with Gasteiger partial charge in [-0.1, -0.05) is 30.3 Å². The average molecular weight is 464 g/mol. The Balaban J connectivity index is 1.85. The van der Waals surface area contributed by atoms with Crippen LogP contribution in [0, 0.1) is 10.1 Å². The number of carbonyl (C=O) groups is 1. The molecule has 3 unspecified atom stereocenters. The van der Waals surface area contributed by atoms with Crippen LogP contribution in [0.3, 0.4) is 0 Å². The quantitative estimate of drug-likeness (QED) is 0.350. The molecule has 172 valence electrons. The first kappa shape index (κ1) is 23.6. The van der Waals surface area contributed by atoms with Crippen molar-refractivity contribution in [3.63, 3.8) is 0 Å². The standard InChI is InChI=1S/C21H24FN3O6S/c1-16(22)21(24(32(29)30)18-8-10-19(11-9-18)25(27)28)12-5-13-23(15-21)20(26)31-14-17-6-3-2-4-7-17/h2-4,6-11,16H,5,12-15H2,1H3,(H,29,30)/p-1. The molecule has 0 N–H and O–H groups in total. The second-order valence-electron chi connectivity index (χ2n) is 7.57. The van der Waals surface area contributed by atoms with E-state index in [1.165, 1.54) is 24.0 Å². The van der Waals surface area contributed by atoms with Gasteiger partial charge in [-0.15, -0.1) is 0 Å². The van der Waals surface area contributed by atoms with E-state index in [-0.39, 0.29) is 30.9 Å². The zero-order chi connectivity index (χ0) is 23.3. The highest BCUT2D eigenvalue weighted by molar-refractivity contribution is 7.80. The molecule has 2 aromatic carbocycles. The topological polar surface area (TPSA) is 116 Å². The molecule has 32 heavy (non-hydrogen) atoms. The van der Waals surface area contributed by atoms with Gasteiger partial charge in [-0.2, -0.15) is 0 Å². The third kappa shape index (κ3) is 5.05. The summed E-state index contributed by atoms with van der Waals surface area (Å²) in [7, 11) is 0. The van der Waals surface area contributed by atoms with E-state index in [0.29, 0.717) is 13.0 Å². The molecular weight excluding hydrogens is 441 g/mol. The van der Waals surface area contributed by atoms with E-state index >= 15 is 4.39 Å². The van der Waals surface area contributed by atoms with Gasteiger partial charge in [-0.3, -0.25) is 18.6 Å². The first-order valence-corrected chi connectivity index (χ1v) is 11.0. The summed E-state index contributed by atoms with van der Waals surface area (Å²) in [6.45, 7) is 1.35. The SMILES string of the molecule is CC(F)C1(N(c2ccc([N+](=O)[O-])cc2)S(=O)[O-])CCCN(C(=O)OCc2ccccc2)C1. The second kappa shape index (κ2) is 10.0. The first-order chi connectivity index (χ1) is 15.2. The lowest BCUT2D eigenvalue weighted by Crippen LogP contribution is -2.64. The van der Waals surface area contributed by atoms with Crippen molar-refractivity contribution in [2.75, 3.05) is 17.4 Å². The third-order valence-corrected chi connectivity index (χ3v) is 6.43. The summed E-state index contributed by atoms with van der Waals surface area (Å²) in [5.74, 6) is 0. The van der Waals surface area contributed by atoms with Gasteiger partial charge in [0.2, 0.25) is 0 Å². The van der Waals surface area contributed by atoms with Crippen LogP contribution in [0.15, 0.2) is 54.6 Å². The highest BCUT2D eigenvalue weighted by Gasteiger charge is 2.48. The lowest BCUT2D eigenvalue weighted by Gasteiger charge is -2.51. The normalized spacial score (nSPS) is 20.3. The van der Waals surface area contributed by atoms with Gasteiger partial charge >= 0.3 is 6.09 Å². The molecule has 3 rings (SSSR count). The molecule has 0 aliphatic carbocycles. The number of nitrogens with zero attached hydrogens (tertiary/aromatic N) is 3. The van der Waals surface area contributed by atoms with Crippen molar-refractivity contribution >= 4 is 28.7 Å². The van der Waals surface area contributed by atoms with Crippen LogP contribution in [-0.2, 0) is 22.6 Å². The van der Waals surface area contributed by atoms with E-state index in [9.17, 15) is 23.7 Å². The Bertz CT molecular complexity index is 975. The maximum atomic E-state index is 15.0. The molecule has 3 atom stereocenters. The summed E-state index contributed by atoms with van der Waals surface area (Å²) in [6, 6.07) is 13.9. The molecule has 11 heteroatoms. The number of hydrogen-bond acceptors (Lipinski definition) is 6. The Labute approximate surface area is 187 Å². The molecule has 1 heterocycles. The maximum Gasteiger partial charge on any atom is 0.410 e. The van der Waals surface area contributed by atoms with Crippen molar-refractivity contribution in [1.29, 1.82) is 0 Å². The van der Waals surface area contributed by atoms with Crippen LogP contribution in [0.2, 0.25) is 0 Å². The molecule has 0 bridgehead atoms. The van der Waals surface area contributed by atoms with E-state index in [0.717, 1.165) is 22.0 Å². The minimum absolute atomic E-state index is 0.0356. The number of carbonyl (C=O) groups excluding carboxylic acids is 1. The van der Waals surface area contributed by atoms with Crippen LogP contribution in [-0.4, -0.2) is 49.5 Å². The van der Waals surface area contributed by atoms with E-state index in [1.54, 1.807) is 12.1 Å². The van der Waals surface area contributed by atoms with Crippen LogP contribution in [0.25, 0.3) is 0 Å². The van der Waals surface area contributed by atoms with E-state index in [4.69, 9.17) is 4.74 Å². The fourth-order valence-electron chi connectivity index (χ4n) is 3.88. The molecule has 0 spiro atoms. The zero-order valence-electron chi connectivity index (χ0n) is 17.4. The predicted octanol–water partition coefficient (Wildman–Crippen LogP) is 3.72.